The maximum absolute atomic E-state index is 13.3. The standard InChI is InChI=1S/C24H29Cl3N2O2/c1-5-21(23(31)28-24(2,3)4)29(15-17-19(26)11-8-12-20(17)27)22(30)14-13-16-9-6-7-10-18(16)25/h6-12,21H,5,13-15H2,1-4H3,(H,28,31)/t21-/m0/s1. The number of amides is 2. The number of rotatable bonds is 8. The van der Waals surface area contributed by atoms with E-state index in [4.69, 9.17) is 34.8 Å². The first kappa shape index (κ1) is 25.5. The summed E-state index contributed by atoms with van der Waals surface area (Å²) in [6, 6.07) is 12.0. The molecule has 0 saturated carbocycles. The molecule has 0 aliphatic carbocycles. The van der Waals surface area contributed by atoms with Gasteiger partial charge in [0.25, 0.3) is 0 Å². The summed E-state index contributed by atoms with van der Waals surface area (Å²) < 4.78 is 0. The fraction of sp³-hybridized carbons (Fsp3) is 0.417. The van der Waals surface area contributed by atoms with Crippen molar-refractivity contribution in [3.8, 4) is 0 Å². The molecule has 0 aliphatic heterocycles. The molecule has 2 rings (SSSR count). The van der Waals surface area contributed by atoms with Crippen molar-refractivity contribution >= 4 is 46.6 Å². The quantitative estimate of drug-likeness (QED) is 0.479. The van der Waals surface area contributed by atoms with Crippen molar-refractivity contribution in [2.45, 2.75) is 65.1 Å². The minimum absolute atomic E-state index is 0.149. The zero-order valence-electron chi connectivity index (χ0n) is 18.3. The van der Waals surface area contributed by atoms with Crippen molar-refractivity contribution < 1.29 is 9.59 Å². The second-order valence-electron chi connectivity index (χ2n) is 8.48. The van der Waals surface area contributed by atoms with Gasteiger partial charge in [-0.15, -0.1) is 0 Å². The fourth-order valence-corrected chi connectivity index (χ4v) is 4.06. The van der Waals surface area contributed by atoms with Crippen molar-refractivity contribution in [2.24, 2.45) is 0 Å². The van der Waals surface area contributed by atoms with Crippen LogP contribution in [0, 0.1) is 0 Å². The summed E-state index contributed by atoms with van der Waals surface area (Å²) in [4.78, 5) is 27.9. The molecular formula is C24H29Cl3N2O2. The van der Waals surface area contributed by atoms with E-state index in [1.165, 1.54) is 0 Å². The van der Waals surface area contributed by atoms with Crippen LogP contribution in [0.2, 0.25) is 15.1 Å². The van der Waals surface area contributed by atoms with Crippen LogP contribution in [-0.2, 0) is 22.6 Å². The zero-order chi connectivity index (χ0) is 23.2. The SMILES string of the molecule is CC[C@@H](C(=O)NC(C)(C)C)N(Cc1c(Cl)cccc1Cl)C(=O)CCc1ccccc1Cl. The third kappa shape index (κ3) is 7.41. The summed E-state index contributed by atoms with van der Waals surface area (Å²) in [5, 5.41) is 4.52. The van der Waals surface area contributed by atoms with E-state index in [2.05, 4.69) is 5.32 Å². The van der Waals surface area contributed by atoms with Crippen molar-refractivity contribution in [1.29, 1.82) is 0 Å². The average molecular weight is 484 g/mol. The Hall–Kier alpha value is -1.75. The Morgan fingerprint density at radius 1 is 0.968 bits per heavy atom. The van der Waals surface area contributed by atoms with Crippen molar-refractivity contribution in [3.05, 3.63) is 68.7 Å². The molecule has 168 valence electrons. The molecule has 1 N–H and O–H groups in total. The van der Waals surface area contributed by atoms with Gasteiger partial charge in [-0.25, -0.2) is 0 Å². The van der Waals surface area contributed by atoms with E-state index in [1.54, 1.807) is 29.2 Å². The number of nitrogens with zero attached hydrogens (tertiary/aromatic N) is 1. The third-order valence-corrected chi connectivity index (χ3v) is 5.92. The Balaban J connectivity index is 2.32. The average Bonchev–Trinajstić information content (AvgIpc) is 2.67. The van der Waals surface area contributed by atoms with E-state index in [0.29, 0.717) is 33.5 Å². The highest BCUT2D eigenvalue weighted by molar-refractivity contribution is 6.36. The Morgan fingerprint density at radius 3 is 2.10 bits per heavy atom. The molecule has 0 saturated heterocycles. The van der Waals surface area contributed by atoms with Gasteiger partial charge in [-0.1, -0.05) is 66.0 Å². The molecule has 0 aromatic heterocycles. The first-order chi connectivity index (χ1) is 14.5. The Labute approximate surface area is 199 Å². The van der Waals surface area contributed by atoms with Gasteiger partial charge in [0, 0.05) is 39.1 Å². The van der Waals surface area contributed by atoms with E-state index in [0.717, 1.165) is 5.56 Å². The molecule has 31 heavy (non-hydrogen) atoms. The molecule has 2 aromatic rings. The lowest BCUT2D eigenvalue weighted by atomic mass is 10.0. The van der Waals surface area contributed by atoms with Gasteiger partial charge in [-0.05, 0) is 57.4 Å². The maximum atomic E-state index is 13.3. The lowest BCUT2D eigenvalue weighted by Crippen LogP contribution is -2.53. The van der Waals surface area contributed by atoms with Crippen LogP contribution < -0.4 is 5.32 Å². The predicted molar refractivity (Wildman–Crippen MR) is 129 cm³/mol. The van der Waals surface area contributed by atoms with Gasteiger partial charge in [-0.3, -0.25) is 9.59 Å². The summed E-state index contributed by atoms with van der Waals surface area (Å²) in [5.41, 5.74) is 1.10. The third-order valence-electron chi connectivity index (χ3n) is 4.84. The lowest BCUT2D eigenvalue weighted by molar-refractivity contribution is -0.142. The number of carbonyl (C=O) groups is 2. The van der Waals surface area contributed by atoms with E-state index in [9.17, 15) is 9.59 Å². The smallest absolute Gasteiger partial charge is 0.243 e. The number of hydrogen-bond donors (Lipinski definition) is 1. The van der Waals surface area contributed by atoms with E-state index in [1.807, 2.05) is 45.9 Å². The Morgan fingerprint density at radius 2 is 1.55 bits per heavy atom. The van der Waals surface area contributed by atoms with Crippen LogP contribution in [0.1, 0.15) is 51.7 Å². The molecular weight excluding hydrogens is 455 g/mol. The monoisotopic (exact) mass is 482 g/mol. The molecule has 0 bridgehead atoms. The summed E-state index contributed by atoms with van der Waals surface area (Å²) >= 11 is 19.0. The lowest BCUT2D eigenvalue weighted by Gasteiger charge is -2.33. The molecule has 2 amide bonds. The number of halogens is 3. The van der Waals surface area contributed by atoms with Crippen molar-refractivity contribution in [2.75, 3.05) is 0 Å². The van der Waals surface area contributed by atoms with Gasteiger partial charge in [0.05, 0.1) is 0 Å². The fourth-order valence-electron chi connectivity index (χ4n) is 3.31. The summed E-state index contributed by atoms with van der Waals surface area (Å²) in [7, 11) is 0. The normalized spacial score (nSPS) is 12.4. The van der Waals surface area contributed by atoms with Crippen LogP contribution in [0.3, 0.4) is 0 Å². The minimum Gasteiger partial charge on any atom is -0.350 e. The Bertz CT molecular complexity index is 905. The van der Waals surface area contributed by atoms with Gasteiger partial charge in [0.2, 0.25) is 11.8 Å². The number of carbonyl (C=O) groups excluding carboxylic acids is 2. The van der Waals surface area contributed by atoms with E-state index in [-0.39, 0.29) is 24.8 Å². The second-order valence-corrected chi connectivity index (χ2v) is 9.70. The van der Waals surface area contributed by atoms with Gasteiger partial charge < -0.3 is 10.2 Å². The summed E-state index contributed by atoms with van der Waals surface area (Å²) in [6.07, 6.45) is 1.15. The Kier molecular flexibility index (Phi) is 9.23. The maximum Gasteiger partial charge on any atom is 0.243 e. The first-order valence-corrected chi connectivity index (χ1v) is 11.4. The van der Waals surface area contributed by atoms with Gasteiger partial charge >= 0.3 is 0 Å². The number of aryl methyl sites for hydroxylation is 1. The molecule has 0 fully saturated rings. The van der Waals surface area contributed by atoms with Crippen LogP contribution in [0.25, 0.3) is 0 Å². The second kappa shape index (κ2) is 11.2. The van der Waals surface area contributed by atoms with Crippen LogP contribution >= 0.6 is 34.8 Å². The van der Waals surface area contributed by atoms with Crippen LogP contribution in [0.5, 0.6) is 0 Å². The largest absolute Gasteiger partial charge is 0.350 e. The molecule has 4 nitrogen and oxygen atoms in total. The van der Waals surface area contributed by atoms with Gasteiger partial charge in [0.1, 0.15) is 6.04 Å². The summed E-state index contributed by atoms with van der Waals surface area (Å²) in [5.74, 6) is -0.365. The highest BCUT2D eigenvalue weighted by atomic mass is 35.5. The minimum atomic E-state index is -0.648. The predicted octanol–water partition coefficient (Wildman–Crippen LogP) is 6.30. The molecule has 1 atom stereocenters. The topological polar surface area (TPSA) is 49.4 Å². The highest BCUT2D eigenvalue weighted by Gasteiger charge is 2.31. The van der Waals surface area contributed by atoms with Crippen molar-refractivity contribution in [1.82, 2.24) is 10.2 Å². The molecule has 0 radical (unpaired) electrons. The number of benzene rings is 2. The molecule has 0 spiro atoms. The molecule has 2 aromatic carbocycles. The van der Waals surface area contributed by atoms with Crippen LogP contribution in [0.4, 0.5) is 0 Å². The van der Waals surface area contributed by atoms with Crippen LogP contribution in [-0.4, -0.2) is 28.3 Å². The van der Waals surface area contributed by atoms with E-state index < -0.39 is 11.6 Å². The first-order valence-electron chi connectivity index (χ1n) is 10.3. The zero-order valence-corrected chi connectivity index (χ0v) is 20.6. The molecule has 0 aliphatic rings. The van der Waals surface area contributed by atoms with Crippen LogP contribution in [0.15, 0.2) is 42.5 Å². The summed E-state index contributed by atoms with van der Waals surface area (Å²) in [6.45, 7) is 7.76. The van der Waals surface area contributed by atoms with E-state index >= 15 is 0 Å². The molecule has 0 heterocycles. The van der Waals surface area contributed by atoms with Gasteiger partial charge in [-0.2, -0.15) is 0 Å². The number of nitrogens with one attached hydrogen (secondary N) is 1. The highest BCUT2D eigenvalue weighted by Crippen LogP contribution is 2.28. The van der Waals surface area contributed by atoms with Gasteiger partial charge in [0.15, 0.2) is 0 Å². The molecule has 7 heteroatoms. The number of hydrogen-bond acceptors (Lipinski definition) is 2. The van der Waals surface area contributed by atoms with Crippen molar-refractivity contribution in [3.63, 3.8) is 0 Å². The molecule has 0 unspecified atom stereocenters.